The predicted molar refractivity (Wildman–Crippen MR) is 126 cm³/mol. The lowest BCUT2D eigenvalue weighted by atomic mass is 9.48. The average molecular weight is 447 g/mol. The number of hydrogen-bond acceptors (Lipinski definition) is 4. The Morgan fingerprint density at radius 3 is 2.41 bits per heavy atom. The van der Waals surface area contributed by atoms with E-state index in [9.17, 15) is 5.11 Å². The number of allylic oxidation sites excluding steroid dienone is 1. The topological polar surface area (TPSA) is 47.9 Å². The Morgan fingerprint density at radius 2 is 1.75 bits per heavy atom. The molecule has 1 spiro atoms. The lowest BCUT2D eigenvalue weighted by molar-refractivity contribution is -0.325. The molecular weight excluding hydrogens is 400 g/mol. The van der Waals surface area contributed by atoms with Gasteiger partial charge in [0.25, 0.3) is 0 Å². The molecule has 6 unspecified atom stereocenters. The average Bonchev–Trinajstić information content (AvgIpc) is 3.05. The van der Waals surface area contributed by atoms with Gasteiger partial charge in [0, 0.05) is 29.1 Å². The molecule has 5 rings (SSSR count). The van der Waals surface area contributed by atoms with Crippen molar-refractivity contribution in [2.75, 3.05) is 19.8 Å². The minimum Gasteiger partial charge on any atom is -0.395 e. The molecule has 182 valence electrons. The maximum atomic E-state index is 10.8. The van der Waals surface area contributed by atoms with Crippen molar-refractivity contribution in [2.24, 2.45) is 34.0 Å². The van der Waals surface area contributed by atoms with E-state index in [1.165, 1.54) is 25.7 Å². The van der Waals surface area contributed by atoms with Gasteiger partial charge in [-0.1, -0.05) is 32.4 Å². The quantitative estimate of drug-likeness (QED) is 0.539. The van der Waals surface area contributed by atoms with Crippen LogP contribution < -0.4 is 0 Å². The molecule has 0 aromatic carbocycles. The summed E-state index contributed by atoms with van der Waals surface area (Å²) in [5, 5.41) is 10.8. The maximum Gasteiger partial charge on any atom is 0.168 e. The van der Waals surface area contributed by atoms with Gasteiger partial charge >= 0.3 is 0 Å². The highest BCUT2D eigenvalue weighted by atomic mass is 16.7. The smallest absolute Gasteiger partial charge is 0.168 e. The minimum atomic E-state index is -0.422. The molecule has 6 atom stereocenters. The number of rotatable bonds is 2. The van der Waals surface area contributed by atoms with Crippen molar-refractivity contribution < 1.29 is 19.3 Å². The van der Waals surface area contributed by atoms with E-state index in [0.717, 1.165) is 38.9 Å². The Kier molecular flexibility index (Phi) is 5.49. The molecule has 32 heavy (non-hydrogen) atoms. The van der Waals surface area contributed by atoms with Gasteiger partial charge in [-0.15, -0.1) is 0 Å². The minimum absolute atomic E-state index is 0.0713. The Balaban J connectivity index is 1.39. The van der Waals surface area contributed by atoms with Crippen LogP contribution >= 0.6 is 0 Å². The van der Waals surface area contributed by atoms with E-state index in [1.807, 2.05) is 0 Å². The summed E-state index contributed by atoms with van der Waals surface area (Å²) in [5.41, 5.74) is 1.74. The van der Waals surface area contributed by atoms with Crippen molar-refractivity contribution in [1.29, 1.82) is 0 Å². The molecule has 5 aliphatic rings. The summed E-state index contributed by atoms with van der Waals surface area (Å²) in [7, 11) is 0. The van der Waals surface area contributed by atoms with Gasteiger partial charge in [0.2, 0.25) is 0 Å². The number of ether oxygens (including phenoxy) is 3. The van der Waals surface area contributed by atoms with Gasteiger partial charge in [0.1, 0.15) is 0 Å². The Labute approximate surface area is 195 Å². The molecule has 0 radical (unpaired) electrons. The summed E-state index contributed by atoms with van der Waals surface area (Å²) in [4.78, 5) is 0. The van der Waals surface area contributed by atoms with Crippen LogP contribution in [0.5, 0.6) is 0 Å². The molecule has 1 N–H and O–H groups in total. The van der Waals surface area contributed by atoms with E-state index in [0.29, 0.717) is 23.9 Å². The van der Waals surface area contributed by atoms with E-state index in [2.05, 4.69) is 47.6 Å². The molecule has 3 saturated carbocycles. The van der Waals surface area contributed by atoms with Crippen molar-refractivity contribution in [3.05, 3.63) is 11.6 Å². The second-order valence-electron chi connectivity index (χ2n) is 13.8. The monoisotopic (exact) mass is 446 g/mol. The van der Waals surface area contributed by atoms with Crippen LogP contribution in [0.1, 0.15) is 92.9 Å². The third-order valence-electron chi connectivity index (χ3n) is 9.89. The van der Waals surface area contributed by atoms with Crippen LogP contribution in [0.4, 0.5) is 0 Å². The Hall–Kier alpha value is -0.420. The highest BCUT2D eigenvalue weighted by molar-refractivity contribution is 5.30. The molecule has 1 heterocycles. The fourth-order valence-electron chi connectivity index (χ4n) is 8.15. The molecule has 0 bridgehead atoms. The normalized spacial score (nSPS) is 45.0. The molecule has 4 nitrogen and oxygen atoms in total. The third kappa shape index (κ3) is 3.63. The van der Waals surface area contributed by atoms with Crippen molar-refractivity contribution >= 4 is 0 Å². The van der Waals surface area contributed by atoms with E-state index in [-0.39, 0.29) is 28.5 Å². The maximum absolute atomic E-state index is 10.8. The van der Waals surface area contributed by atoms with Crippen LogP contribution in [0, 0.1) is 34.0 Å². The fraction of sp³-hybridized carbons (Fsp3) is 0.929. The van der Waals surface area contributed by atoms with Gasteiger partial charge in [-0.2, -0.15) is 0 Å². The Morgan fingerprint density at radius 1 is 1.03 bits per heavy atom. The number of fused-ring (bicyclic) bond motifs is 5. The van der Waals surface area contributed by atoms with Crippen molar-refractivity contribution in [3.8, 4) is 0 Å². The molecule has 1 saturated heterocycles. The molecule has 4 heteroatoms. The first-order valence-electron chi connectivity index (χ1n) is 13.2. The second-order valence-corrected chi connectivity index (χ2v) is 13.8. The summed E-state index contributed by atoms with van der Waals surface area (Å²) < 4.78 is 19.4. The van der Waals surface area contributed by atoms with Crippen molar-refractivity contribution in [1.82, 2.24) is 0 Å². The lowest BCUT2D eigenvalue weighted by Gasteiger charge is -2.60. The van der Waals surface area contributed by atoms with E-state index in [1.54, 1.807) is 5.57 Å². The van der Waals surface area contributed by atoms with Gasteiger partial charge in [-0.05, 0) is 77.0 Å². The molecule has 0 amide bonds. The summed E-state index contributed by atoms with van der Waals surface area (Å²) in [6.07, 6.45) is 11.7. The molecule has 4 fully saturated rings. The largest absolute Gasteiger partial charge is 0.395 e. The highest BCUT2D eigenvalue weighted by Gasteiger charge is 2.61. The van der Waals surface area contributed by atoms with Gasteiger partial charge in [0.15, 0.2) is 5.79 Å². The molecular formula is C28H46O4. The molecule has 0 aromatic heterocycles. The van der Waals surface area contributed by atoms with E-state index in [4.69, 9.17) is 14.2 Å². The van der Waals surface area contributed by atoms with Gasteiger partial charge < -0.3 is 19.3 Å². The summed E-state index contributed by atoms with van der Waals surface area (Å²) in [6.45, 7) is 15.3. The van der Waals surface area contributed by atoms with Crippen LogP contribution in [0.3, 0.4) is 0 Å². The third-order valence-corrected chi connectivity index (χ3v) is 9.89. The van der Waals surface area contributed by atoms with Crippen LogP contribution in [0.15, 0.2) is 11.6 Å². The predicted octanol–water partition coefficient (Wildman–Crippen LogP) is 5.87. The van der Waals surface area contributed by atoms with Gasteiger partial charge in [0.05, 0.1) is 31.5 Å². The number of aliphatic hydroxyl groups is 1. The zero-order chi connectivity index (χ0) is 23.0. The first-order valence-corrected chi connectivity index (χ1v) is 13.2. The molecule has 1 aliphatic heterocycles. The SMILES string of the molecule is CC1(C)COC2(CCC3(CO)C4=CCC5(C)C(OC(C)(C)C)CCC5C4CCC3C2)OC1. The van der Waals surface area contributed by atoms with Crippen LogP contribution in [0.2, 0.25) is 0 Å². The zero-order valence-corrected chi connectivity index (χ0v) is 21.3. The number of aliphatic hydroxyl groups excluding tert-OH is 1. The first-order chi connectivity index (χ1) is 14.9. The van der Waals surface area contributed by atoms with Crippen molar-refractivity contribution in [3.63, 3.8) is 0 Å². The van der Waals surface area contributed by atoms with Gasteiger partial charge in [-0.3, -0.25) is 0 Å². The van der Waals surface area contributed by atoms with E-state index >= 15 is 0 Å². The second kappa shape index (κ2) is 7.54. The zero-order valence-electron chi connectivity index (χ0n) is 21.3. The summed E-state index contributed by atoms with van der Waals surface area (Å²) >= 11 is 0. The van der Waals surface area contributed by atoms with Gasteiger partial charge in [-0.25, -0.2) is 0 Å². The van der Waals surface area contributed by atoms with Crippen LogP contribution in [-0.2, 0) is 14.2 Å². The highest BCUT2D eigenvalue weighted by Crippen LogP contribution is 2.66. The number of hydrogen-bond donors (Lipinski definition) is 1. The first kappa shape index (κ1) is 23.3. The molecule has 0 aromatic rings. The molecule has 4 aliphatic carbocycles. The van der Waals surface area contributed by atoms with E-state index < -0.39 is 5.79 Å². The fourth-order valence-corrected chi connectivity index (χ4v) is 8.15. The Bertz CT molecular complexity index is 754. The summed E-state index contributed by atoms with van der Waals surface area (Å²) in [5.74, 6) is 1.32. The summed E-state index contributed by atoms with van der Waals surface area (Å²) in [6, 6.07) is 0. The standard InChI is InChI=1S/C28H46O4/c1-24(2,3)32-23-10-9-21-20-8-7-19-15-28(30-17-25(4,5)18-31-28)14-13-27(19,16-29)22(20)11-12-26(21,23)6/h11,19-21,23,29H,7-10,12-18H2,1-6H3. The van der Waals surface area contributed by atoms with Crippen LogP contribution in [0.25, 0.3) is 0 Å². The lowest BCUT2D eigenvalue weighted by Crippen LogP contribution is -2.58. The van der Waals surface area contributed by atoms with Crippen molar-refractivity contribution in [2.45, 2.75) is 110 Å². The van der Waals surface area contributed by atoms with Crippen LogP contribution in [-0.4, -0.2) is 42.4 Å².